The van der Waals surface area contributed by atoms with Crippen LogP contribution in [-0.2, 0) is 10.9 Å². The van der Waals surface area contributed by atoms with Crippen LogP contribution in [-0.4, -0.2) is 25.2 Å². The van der Waals surface area contributed by atoms with E-state index in [9.17, 15) is 13.2 Å². The van der Waals surface area contributed by atoms with E-state index in [4.69, 9.17) is 4.74 Å². The van der Waals surface area contributed by atoms with Crippen LogP contribution in [0.15, 0.2) is 18.3 Å². The van der Waals surface area contributed by atoms with Gasteiger partial charge in [-0.25, -0.2) is 0 Å². The van der Waals surface area contributed by atoms with Gasteiger partial charge >= 0.3 is 6.18 Å². The molecular formula is C13H19F3N2O. The molecule has 1 N–H and O–H groups in total. The fraction of sp³-hybridized carbons (Fsp3) is 0.615. The molecule has 0 aliphatic heterocycles. The molecule has 1 unspecified atom stereocenters. The average Bonchev–Trinajstić information content (AvgIpc) is 2.37. The van der Waals surface area contributed by atoms with Crippen LogP contribution in [0.3, 0.4) is 0 Å². The van der Waals surface area contributed by atoms with Crippen LogP contribution in [0.4, 0.5) is 13.2 Å². The lowest BCUT2D eigenvalue weighted by Gasteiger charge is -2.17. The third-order valence-electron chi connectivity index (χ3n) is 2.76. The van der Waals surface area contributed by atoms with Crippen molar-refractivity contribution in [3.8, 4) is 0 Å². The number of pyridine rings is 1. The highest BCUT2D eigenvalue weighted by Gasteiger charge is 2.30. The summed E-state index contributed by atoms with van der Waals surface area (Å²) >= 11 is 0. The highest BCUT2D eigenvalue weighted by molar-refractivity contribution is 5.19. The maximum atomic E-state index is 12.4. The molecule has 1 heterocycles. The molecule has 0 aliphatic carbocycles. The second-order valence-corrected chi connectivity index (χ2v) is 4.21. The van der Waals surface area contributed by atoms with Gasteiger partial charge in [-0.05, 0) is 31.5 Å². The van der Waals surface area contributed by atoms with E-state index < -0.39 is 11.7 Å². The molecule has 0 saturated carbocycles. The zero-order valence-electron chi connectivity index (χ0n) is 11.1. The number of hydrogen-bond acceptors (Lipinski definition) is 3. The van der Waals surface area contributed by atoms with Gasteiger partial charge in [-0.3, -0.25) is 4.98 Å². The van der Waals surface area contributed by atoms with Crippen molar-refractivity contribution >= 4 is 0 Å². The first-order chi connectivity index (χ1) is 8.99. The van der Waals surface area contributed by atoms with Gasteiger partial charge in [0.2, 0.25) is 0 Å². The predicted octanol–water partition coefficient (Wildman–Crippen LogP) is 3.18. The quantitative estimate of drug-likeness (QED) is 0.777. The molecular weight excluding hydrogens is 257 g/mol. The van der Waals surface area contributed by atoms with Crippen LogP contribution >= 0.6 is 0 Å². The maximum absolute atomic E-state index is 12.4. The first-order valence-electron chi connectivity index (χ1n) is 6.24. The molecule has 0 aliphatic rings. The summed E-state index contributed by atoms with van der Waals surface area (Å²) < 4.78 is 42.3. The molecule has 108 valence electrons. The Morgan fingerprint density at radius 2 is 2.11 bits per heavy atom. The summed E-state index contributed by atoms with van der Waals surface area (Å²) in [7, 11) is 1.62. The molecule has 3 nitrogen and oxygen atoms in total. The summed E-state index contributed by atoms with van der Waals surface area (Å²) in [6, 6.07) is 2.47. The van der Waals surface area contributed by atoms with E-state index in [1.165, 1.54) is 6.07 Å². The Labute approximate surface area is 111 Å². The topological polar surface area (TPSA) is 34.1 Å². The summed E-state index contributed by atoms with van der Waals surface area (Å²) in [5.74, 6) is 0. The zero-order chi connectivity index (χ0) is 14.3. The maximum Gasteiger partial charge on any atom is 0.417 e. The first kappa shape index (κ1) is 15.9. The van der Waals surface area contributed by atoms with E-state index in [1.807, 2.05) is 6.92 Å². The van der Waals surface area contributed by atoms with E-state index in [0.717, 1.165) is 31.6 Å². The lowest BCUT2D eigenvalue weighted by molar-refractivity contribution is -0.137. The van der Waals surface area contributed by atoms with Crippen LogP contribution in [0.1, 0.15) is 37.1 Å². The molecule has 1 atom stereocenters. The monoisotopic (exact) mass is 276 g/mol. The number of nitrogens with zero attached hydrogens (tertiary/aromatic N) is 1. The first-order valence-corrected chi connectivity index (χ1v) is 6.24. The van der Waals surface area contributed by atoms with Crippen LogP contribution in [0, 0.1) is 0 Å². The molecule has 0 spiro atoms. The molecule has 0 amide bonds. The van der Waals surface area contributed by atoms with Crippen molar-refractivity contribution in [3.63, 3.8) is 0 Å². The predicted molar refractivity (Wildman–Crippen MR) is 66.8 cm³/mol. The molecule has 1 aromatic heterocycles. The van der Waals surface area contributed by atoms with Crippen molar-refractivity contribution in [2.45, 2.75) is 32.0 Å². The number of rotatable bonds is 7. The number of alkyl halides is 3. The Bertz CT molecular complexity index is 365. The van der Waals surface area contributed by atoms with Gasteiger partial charge in [0.05, 0.1) is 11.3 Å². The summed E-state index contributed by atoms with van der Waals surface area (Å²) in [5.41, 5.74) is -0.0886. The van der Waals surface area contributed by atoms with Crippen LogP contribution in [0.5, 0.6) is 0 Å². The summed E-state index contributed by atoms with van der Waals surface area (Å²) in [5, 5.41) is 3.22. The van der Waals surface area contributed by atoms with Gasteiger partial charge in [-0.2, -0.15) is 13.2 Å². The summed E-state index contributed by atoms with van der Waals surface area (Å²) in [6.45, 7) is 3.32. The number of hydrogen-bond donors (Lipinski definition) is 1. The van der Waals surface area contributed by atoms with Crippen molar-refractivity contribution in [3.05, 3.63) is 29.6 Å². The molecule has 19 heavy (non-hydrogen) atoms. The van der Waals surface area contributed by atoms with E-state index >= 15 is 0 Å². The van der Waals surface area contributed by atoms with Gasteiger partial charge in [0.1, 0.15) is 0 Å². The van der Waals surface area contributed by atoms with E-state index in [2.05, 4.69) is 10.3 Å². The highest BCUT2D eigenvalue weighted by atomic mass is 19.4. The Morgan fingerprint density at radius 3 is 2.58 bits per heavy atom. The molecule has 1 aromatic rings. The minimum Gasteiger partial charge on any atom is -0.385 e. The van der Waals surface area contributed by atoms with E-state index in [1.54, 1.807) is 7.11 Å². The van der Waals surface area contributed by atoms with Gasteiger partial charge < -0.3 is 10.1 Å². The number of aromatic nitrogens is 1. The van der Waals surface area contributed by atoms with Crippen molar-refractivity contribution < 1.29 is 17.9 Å². The van der Waals surface area contributed by atoms with Gasteiger partial charge in [0, 0.05) is 26.0 Å². The van der Waals surface area contributed by atoms with E-state index in [0.29, 0.717) is 12.3 Å². The lowest BCUT2D eigenvalue weighted by Crippen LogP contribution is -2.22. The third kappa shape index (κ3) is 5.16. The largest absolute Gasteiger partial charge is 0.417 e. The van der Waals surface area contributed by atoms with Gasteiger partial charge in [-0.15, -0.1) is 0 Å². The number of ether oxygens (including phenoxy) is 1. The number of nitrogens with one attached hydrogen (secondary N) is 1. The van der Waals surface area contributed by atoms with Crippen molar-refractivity contribution in [2.24, 2.45) is 0 Å². The number of methoxy groups -OCH3 is 1. The highest BCUT2D eigenvalue weighted by Crippen LogP contribution is 2.29. The number of halogens is 3. The van der Waals surface area contributed by atoms with Crippen LogP contribution in [0.25, 0.3) is 0 Å². The fourth-order valence-corrected chi connectivity index (χ4v) is 1.81. The SMILES string of the molecule is CCNC(CCCOC)c1ccc(C(F)(F)F)cn1. The minimum absolute atomic E-state index is 0.0394. The van der Waals surface area contributed by atoms with Crippen molar-refractivity contribution in [1.29, 1.82) is 0 Å². The van der Waals surface area contributed by atoms with Gasteiger partial charge in [-0.1, -0.05) is 6.92 Å². The molecule has 0 aromatic carbocycles. The molecule has 0 fully saturated rings. The second kappa shape index (κ2) is 7.45. The molecule has 0 bridgehead atoms. The molecule has 6 heteroatoms. The molecule has 0 saturated heterocycles. The van der Waals surface area contributed by atoms with Gasteiger partial charge in [0.15, 0.2) is 0 Å². The lowest BCUT2D eigenvalue weighted by atomic mass is 10.1. The average molecular weight is 276 g/mol. The second-order valence-electron chi connectivity index (χ2n) is 4.21. The zero-order valence-corrected chi connectivity index (χ0v) is 11.1. The van der Waals surface area contributed by atoms with Crippen molar-refractivity contribution in [2.75, 3.05) is 20.3 Å². The van der Waals surface area contributed by atoms with Crippen LogP contribution in [0.2, 0.25) is 0 Å². The van der Waals surface area contributed by atoms with E-state index in [-0.39, 0.29) is 6.04 Å². The Hall–Kier alpha value is -1.14. The van der Waals surface area contributed by atoms with Crippen LogP contribution < -0.4 is 5.32 Å². The fourth-order valence-electron chi connectivity index (χ4n) is 1.81. The summed E-state index contributed by atoms with van der Waals surface area (Å²) in [6.07, 6.45) is -1.85. The normalized spacial score (nSPS) is 13.5. The van der Waals surface area contributed by atoms with Gasteiger partial charge in [0.25, 0.3) is 0 Å². The Kier molecular flexibility index (Phi) is 6.24. The van der Waals surface area contributed by atoms with Crippen molar-refractivity contribution in [1.82, 2.24) is 10.3 Å². The smallest absolute Gasteiger partial charge is 0.385 e. The minimum atomic E-state index is -4.34. The molecule has 1 rings (SSSR count). The Morgan fingerprint density at radius 1 is 1.37 bits per heavy atom. The summed E-state index contributed by atoms with van der Waals surface area (Å²) in [4.78, 5) is 3.92. The standard InChI is InChI=1S/C13H19F3N2O/c1-3-17-11(5-4-8-19-2)12-7-6-10(9-18-12)13(14,15)16/h6-7,9,11,17H,3-5,8H2,1-2H3. The Balaban J connectivity index is 2.73. The third-order valence-corrected chi connectivity index (χ3v) is 2.76. The molecule has 0 radical (unpaired) electrons.